The first-order valence-electron chi connectivity index (χ1n) is 8.44. The predicted octanol–water partition coefficient (Wildman–Crippen LogP) is 1.50. The second kappa shape index (κ2) is 5.89. The molecule has 2 aliphatic heterocycles. The SMILES string of the molecule is C[C@]1(C2CC2)NC(=O)N(CC(=O)N2CCCCCCC2)C1=O. The van der Waals surface area contributed by atoms with Crippen LogP contribution in [0.3, 0.4) is 0 Å². The van der Waals surface area contributed by atoms with E-state index in [2.05, 4.69) is 5.32 Å². The molecule has 1 aliphatic carbocycles. The minimum absolute atomic E-state index is 0.106. The Bertz CT molecular complexity index is 481. The van der Waals surface area contributed by atoms with Crippen molar-refractivity contribution in [1.29, 1.82) is 0 Å². The number of amides is 4. The first-order valence-corrected chi connectivity index (χ1v) is 8.44. The fourth-order valence-corrected chi connectivity index (χ4v) is 3.53. The molecule has 4 amide bonds. The van der Waals surface area contributed by atoms with Gasteiger partial charge in [0.1, 0.15) is 12.1 Å². The molecule has 2 saturated heterocycles. The van der Waals surface area contributed by atoms with E-state index >= 15 is 0 Å². The summed E-state index contributed by atoms with van der Waals surface area (Å²) >= 11 is 0. The highest BCUT2D eigenvalue weighted by molar-refractivity contribution is 6.09. The van der Waals surface area contributed by atoms with Crippen molar-refractivity contribution < 1.29 is 14.4 Å². The fourth-order valence-electron chi connectivity index (χ4n) is 3.53. The van der Waals surface area contributed by atoms with E-state index in [9.17, 15) is 14.4 Å². The molecule has 0 spiro atoms. The lowest BCUT2D eigenvalue weighted by Gasteiger charge is -2.26. The molecule has 0 bridgehead atoms. The summed E-state index contributed by atoms with van der Waals surface area (Å²) in [6, 6.07) is -0.417. The van der Waals surface area contributed by atoms with Crippen LogP contribution in [0.1, 0.15) is 51.9 Å². The van der Waals surface area contributed by atoms with Gasteiger partial charge in [-0.15, -0.1) is 0 Å². The number of nitrogens with zero attached hydrogens (tertiary/aromatic N) is 2. The molecule has 1 N–H and O–H groups in total. The van der Waals surface area contributed by atoms with Crippen LogP contribution in [0.15, 0.2) is 0 Å². The molecule has 0 aromatic heterocycles. The average Bonchev–Trinajstić information content (AvgIpc) is 3.24. The van der Waals surface area contributed by atoms with E-state index in [1.54, 1.807) is 6.92 Å². The summed E-state index contributed by atoms with van der Waals surface area (Å²) in [6.07, 6.45) is 7.47. The van der Waals surface area contributed by atoms with Gasteiger partial charge in [-0.25, -0.2) is 4.79 Å². The molecule has 0 aromatic rings. The van der Waals surface area contributed by atoms with Crippen molar-refractivity contribution in [3.63, 3.8) is 0 Å². The molecular formula is C16H25N3O3. The molecule has 1 atom stereocenters. The quantitative estimate of drug-likeness (QED) is 0.803. The van der Waals surface area contributed by atoms with Crippen molar-refractivity contribution in [2.24, 2.45) is 5.92 Å². The normalized spacial score (nSPS) is 30.0. The molecule has 22 heavy (non-hydrogen) atoms. The summed E-state index contributed by atoms with van der Waals surface area (Å²) in [5, 5.41) is 2.79. The molecule has 0 radical (unpaired) electrons. The highest BCUT2D eigenvalue weighted by atomic mass is 16.2. The van der Waals surface area contributed by atoms with Crippen LogP contribution in [0.2, 0.25) is 0 Å². The smallest absolute Gasteiger partial charge is 0.325 e. The van der Waals surface area contributed by atoms with Gasteiger partial charge in [0.05, 0.1) is 0 Å². The van der Waals surface area contributed by atoms with Crippen LogP contribution in [0.25, 0.3) is 0 Å². The maximum Gasteiger partial charge on any atom is 0.325 e. The Hall–Kier alpha value is -1.59. The van der Waals surface area contributed by atoms with Gasteiger partial charge in [0.25, 0.3) is 5.91 Å². The van der Waals surface area contributed by atoms with Gasteiger partial charge in [-0.05, 0) is 38.5 Å². The van der Waals surface area contributed by atoms with E-state index in [0.717, 1.165) is 56.5 Å². The van der Waals surface area contributed by atoms with Crippen molar-refractivity contribution in [1.82, 2.24) is 15.1 Å². The Labute approximate surface area is 131 Å². The van der Waals surface area contributed by atoms with Gasteiger partial charge in [0.2, 0.25) is 5.91 Å². The second-order valence-electron chi connectivity index (χ2n) is 6.95. The van der Waals surface area contributed by atoms with Crippen LogP contribution in [-0.2, 0) is 9.59 Å². The number of likely N-dealkylation sites (tertiary alicyclic amines) is 1. The van der Waals surface area contributed by atoms with E-state index in [0.29, 0.717) is 0 Å². The van der Waals surface area contributed by atoms with E-state index in [1.165, 1.54) is 6.42 Å². The highest BCUT2D eigenvalue weighted by Gasteiger charge is 2.56. The van der Waals surface area contributed by atoms with Gasteiger partial charge >= 0.3 is 6.03 Å². The van der Waals surface area contributed by atoms with Crippen LogP contribution in [-0.4, -0.2) is 52.8 Å². The lowest BCUT2D eigenvalue weighted by molar-refractivity contribution is -0.139. The van der Waals surface area contributed by atoms with Gasteiger partial charge in [-0.1, -0.05) is 19.3 Å². The van der Waals surface area contributed by atoms with E-state index in [-0.39, 0.29) is 24.3 Å². The van der Waals surface area contributed by atoms with Crippen molar-refractivity contribution in [2.45, 2.75) is 57.4 Å². The van der Waals surface area contributed by atoms with Crippen molar-refractivity contribution in [3.05, 3.63) is 0 Å². The maximum absolute atomic E-state index is 12.5. The largest absolute Gasteiger partial charge is 0.341 e. The van der Waals surface area contributed by atoms with Crippen molar-refractivity contribution >= 4 is 17.8 Å². The van der Waals surface area contributed by atoms with Gasteiger partial charge in [-0.3, -0.25) is 14.5 Å². The monoisotopic (exact) mass is 307 g/mol. The van der Waals surface area contributed by atoms with E-state index < -0.39 is 11.6 Å². The van der Waals surface area contributed by atoms with Gasteiger partial charge in [0, 0.05) is 13.1 Å². The summed E-state index contributed by atoms with van der Waals surface area (Å²) in [7, 11) is 0. The Morgan fingerprint density at radius 1 is 1.14 bits per heavy atom. The van der Waals surface area contributed by atoms with E-state index in [1.807, 2.05) is 4.90 Å². The molecule has 6 nitrogen and oxygen atoms in total. The third kappa shape index (κ3) is 2.83. The topological polar surface area (TPSA) is 69.7 Å². The standard InChI is InChI=1S/C16H25N3O3/c1-16(12-7-8-12)14(21)19(15(22)17-16)11-13(20)18-9-5-3-2-4-6-10-18/h12H,2-11H2,1H3,(H,17,22)/t16-/m1/s1. The Morgan fingerprint density at radius 2 is 1.73 bits per heavy atom. The zero-order valence-electron chi connectivity index (χ0n) is 13.3. The number of rotatable bonds is 3. The molecule has 3 aliphatic rings. The molecule has 0 aromatic carbocycles. The van der Waals surface area contributed by atoms with Crippen LogP contribution in [0.5, 0.6) is 0 Å². The summed E-state index contributed by atoms with van der Waals surface area (Å²) < 4.78 is 0. The van der Waals surface area contributed by atoms with Crippen LogP contribution in [0.4, 0.5) is 4.79 Å². The minimum atomic E-state index is -0.798. The lowest BCUT2D eigenvalue weighted by Crippen LogP contribution is -2.47. The first-order chi connectivity index (χ1) is 10.5. The molecule has 3 rings (SSSR count). The third-order valence-electron chi connectivity index (χ3n) is 5.20. The summed E-state index contributed by atoms with van der Waals surface area (Å²) in [6.45, 7) is 3.14. The summed E-state index contributed by atoms with van der Waals surface area (Å²) in [4.78, 5) is 40.0. The number of imide groups is 1. The molecular weight excluding hydrogens is 282 g/mol. The van der Waals surface area contributed by atoms with Crippen molar-refractivity contribution in [2.75, 3.05) is 19.6 Å². The summed E-state index contributed by atoms with van der Waals surface area (Å²) in [5.41, 5.74) is -0.798. The molecule has 3 fully saturated rings. The zero-order valence-corrected chi connectivity index (χ0v) is 13.3. The van der Waals surface area contributed by atoms with Crippen LogP contribution >= 0.6 is 0 Å². The number of urea groups is 1. The summed E-state index contributed by atoms with van der Waals surface area (Å²) in [5.74, 6) is -0.114. The van der Waals surface area contributed by atoms with E-state index in [4.69, 9.17) is 0 Å². The Morgan fingerprint density at radius 3 is 2.32 bits per heavy atom. The molecule has 122 valence electrons. The highest BCUT2D eigenvalue weighted by Crippen LogP contribution is 2.42. The Balaban J connectivity index is 1.63. The molecule has 0 unspecified atom stereocenters. The first kappa shape index (κ1) is 15.3. The van der Waals surface area contributed by atoms with Gasteiger partial charge in [0.15, 0.2) is 0 Å². The Kier molecular flexibility index (Phi) is 4.10. The average molecular weight is 307 g/mol. The molecule has 2 heterocycles. The maximum atomic E-state index is 12.5. The number of nitrogens with one attached hydrogen (secondary N) is 1. The lowest BCUT2D eigenvalue weighted by atomic mass is 9.96. The number of hydrogen-bond acceptors (Lipinski definition) is 3. The number of carbonyl (C=O) groups is 3. The predicted molar refractivity (Wildman–Crippen MR) is 81.0 cm³/mol. The minimum Gasteiger partial charge on any atom is -0.341 e. The van der Waals surface area contributed by atoms with Gasteiger partial charge in [-0.2, -0.15) is 0 Å². The van der Waals surface area contributed by atoms with Gasteiger partial charge < -0.3 is 10.2 Å². The third-order valence-corrected chi connectivity index (χ3v) is 5.20. The number of hydrogen-bond donors (Lipinski definition) is 1. The molecule has 1 saturated carbocycles. The molecule has 6 heteroatoms. The zero-order chi connectivity index (χ0) is 15.7. The number of carbonyl (C=O) groups excluding carboxylic acids is 3. The van der Waals surface area contributed by atoms with Crippen molar-refractivity contribution in [3.8, 4) is 0 Å². The van der Waals surface area contributed by atoms with Crippen LogP contribution in [0, 0.1) is 5.92 Å². The van der Waals surface area contributed by atoms with Crippen LogP contribution < -0.4 is 5.32 Å². The second-order valence-corrected chi connectivity index (χ2v) is 6.95. The fraction of sp³-hybridized carbons (Fsp3) is 0.812.